The first-order chi connectivity index (χ1) is 16.9. The Labute approximate surface area is 209 Å². The summed E-state index contributed by atoms with van der Waals surface area (Å²) in [7, 11) is 2.17. The van der Waals surface area contributed by atoms with Crippen LogP contribution in [0.1, 0.15) is 56.2 Å². The van der Waals surface area contributed by atoms with Crippen LogP contribution >= 0.6 is 0 Å². The third kappa shape index (κ3) is 3.97. The maximum absolute atomic E-state index is 2.53. The molecule has 0 saturated heterocycles. The Morgan fingerprint density at radius 3 is 1.91 bits per heavy atom. The number of nitrogens with zero attached hydrogens (tertiary/aromatic N) is 2. The van der Waals surface area contributed by atoms with Gasteiger partial charge in [-0.1, -0.05) is 94.4 Å². The fourth-order valence-corrected chi connectivity index (χ4v) is 5.37. The zero-order valence-electron chi connectivity index (χ0n) is 21.7. The van der Waals surface area contributed by atoms with Gasteiger partial charge in [0.05, 0.1) is 11.2 Å². The Morgan fingerprint density at radius 1 is 0.657 bits per heavy atom. The molecule has 0 spiro atoms. The summed E-state index contributed by atoms with van der Waals surface area (Å²) < 4.78 is 4.82. The zero-order chi connectivity index (χ0) is 24.7. The van der Waals surface area contributed by atoms with E-state index in [0.717, 1.165) is 0 Å². The van der Waals surface area contributed by atoms with Crippen LogP contribution in [0.3, 0.4) is 0 Å². The molecule has 0 N–H and O–H groups in total. The van der Waals surface area contributed by atoms with E-state index in [9.17, 15) is 0 Å². The number of rotatable bonds is 5. The van der Waals surface area contributed by atoms with Gasteiger partial charge in [-0.15, -0.1) is 0 Å². The van der Waals surface area contributed by atoms with Crippen LogP contribution in [0.15, 0.2) is 91.1 Å². The van der Waals surface area contributed by atoms with Gasteiger partial charge in [0.15, 0.2) is 6.20 Å². The summed E-state index contributed by atoms with van der Waals surface area (Å²) in [6, 6.07) is 30.8. The molecule has 0 amide bonds. The number of hydrogen-bond acceptors (Lipinski definition) is 0. The highest BCUT2D eigenvalue weighted by molar-refractivity contribution is 5.93. The summed E-state index contributed by atoms with van der Waals surface area (Å²) >= 11 is 0. The van der Waals surface area contributed by atoms with Crippen molar-refractivity contribution in [2.75, 3.05) is 0 Å². The molecule has 3 aromatic carbocycles. The van der Waals surface area contributed by atoms with Crippen molar-refractivity contribution in [2.24, 2.45) is 7.05 Å². The molecule has 176 valence electrons. The fraction of sp³-hybridized carbons (Fsp3) is 0.242. The predicted octanol–water partition coefficient (Wildman–Crippen LogP) is 8.34. The first-order valence-corrected chi connectivity index (χ1v) is 12.7. The molecule has 5 rings (SSSR count). The topological polar surface area (TPSA) is 8.81 Å². The molecule has 0 aliphatic carbocycles. The Balaban J connectivity index is 1.85. The average Bonchev–Trinajstić information content (AvgIpc) is 3.16. The second-order valence-corrected chi connectivity index (χ2v) is 10.2. The normalized spacial score (nSPS) is 11.7. The molecule has 0 bridgehead atoms. The third-order valence-corrected chi connectivity index (χ3v) is 7.18. The molecule has 2 heteroatoms. The summed E-state index contributed by atoms with van der Waals surface area (Å²) in [4.78, 5) is 0. The number of aromatic nitrogens is 2. The van der Waals surface area contributed by atoms with E-state index in [1.807, 2.05) is 0 Å². The third-order valence-electron chi connectivity index (χ3n) is 7.18. The van der Waals surface area contributed by atoms with Crippen molar-refractivity contribution in [2.45, 2.75) is 46.5 Å². The minimum Gasteiger partial charge on any atom is -0.303 e. The number of fused-ring (bicyclic) bond motifs is 1. The summed E-state index contributed by atoms with van der Waals surface area (Å²) in [5.74, 6) is 0.847. The molecule has 0 aliphatic heterocycles. The van der Waals surface area contributed by atoms with Crippen LogP contribution in [0.4, 0.5) is 0 Å². The van der Waals surface area contributed by atoms with Gasteiger partial charge < -0.3 is 4.57 Å². The lowest BCUT2D eigenvalue weighted by molar-refractivity contribution is -0.660. The van der Waals surface area contributed by atoms with E-state index in [-0.39, 0.29) is 0 Å². The Kier molecular flexibility index (Phi) is 6.06. The number of pyridine rings is 1. The first-order valence-electron chi connectivity index (χ1n) is 12.7. The highest BCUT2D eigenvalue weighted by Gasteiger charge is 2.26. The maximum atomic E-state index is 2.53. The van der Waals surface area contributed by atoms with Crippen LogP contribution in [0.5, 0.6) is 0 Å². The van der Waals surface area contributed by atoms with E-state index in [0.29, 0.717) is 11.8 Å². The van der Waals surface area contributed by atoms with Gasteiger partial charge in [0, 0.05) is 17.0 Å². The fourth-order valence-electron chi connectivity index (χ4n) is 5.37. The number of benzene rings is 3. The van der Waals surface area contributed by atoms with Crippen LogP contribution < -0.4 is 4.57 Å². The molecule has 0 unspecified atom stereocenters. The zero-order valence-corrected chi connectivity index (χ0v) is 21.7. The summed E-state index contributed by atoms with van der Waals surface area (Å²) in [6.07, 6.45) is 2.25. The lowest BCUT2D eigenvalue weighted by atomic mass is 9.92. The number of hydrogen-bond donors (Lipinski definition) is 0. The van der Waals surface area contributed by atoms with Crippen molar-refractivity contribution in [1.82, 2.24) is 4.57 Å². The highest BCUT2D eigenvalue weighted by Crippen LogP contribution is 2.40. The first kappa shape index (κ1) is 23.1. The molecule has 2 nitrogen and oxygen atoms in total. The molecular formula is C33H35N2+. The monoisotopic (exact) mass is 459 g/mol. The molecule has 0 atom stereocenters. The molecule has 2 heterocycles. The van der Waals surface area contributed by atoms with Crippen LogP contribution in [0.2, 0.25) is 0 Å². The van der Waals surface area contributed by atoms with Gasteiger partial charge in [-0.05, 0) is 53.1 Å². The largest absolute Gasteiger partial charge is 0.303 e. The predicted molar refractivity (Wildman–Crippen MR) is 148 cm³/mol. The molecule has 0 fully saturated rings. The molecule has 0 radical (unpaired) electrons. The molecule has 2 aromatic heterocycles. The highest BCUT2D eigenvalue weighted by atomic mass is 15.0. The number of para-hydroxylation sites is 2. The average molecular weight is 460 g/mol. The summed E-state index contributed by atoms with van der Waals surface area (Å²) in [5, 5.41) is 1.31. The molecule has 0 aliphatic rings. The second kappa shape index (κ2) is 9.19. The van der Waals surface area contributed by atoms with Crippen molar-refractivity contribution in [1.29, 1.82) is 0 Å². The van der Waals surface area contributed by atoms with Gasteiger partial charge in [0.2, 0.25) is 5.69 Å². The number of aryl methyl sites for hydroxylation is 2. The van der Waals surface area contributed by atoms with E-state index >= 15 is 0 Å². The van der Waals surface area contributed by atoms with Gasteiger partial charge in [-0.3, -0.25) is 0 Å². The van der Waals surface area contributed by atoms with Crippen LogP contribution in [0, 0.1) is 6.92 Å². The smallest absolute Gasteiger partial charge is 0.229 e. The lowest BCUT2D eigenvalue weighted by Crippen LogP contribution is -2.31. The van der Waals surface area contributed by atoms with E-state index in [1.54, 1.807) is 0 Å². The maximum Gasteiger partial charge on any atom is 0.229 e. The molecule has 0 saturated carbocycles. The van der Waals surface area contributed by atoms with E-state index in [2.05, 4.69) is 142 Å². The molecule has 35 heavy (non-hydrogen) atoms. The minimum atomic E-state index is 0.423. The van der Waals surface area contributed by atoms with Crippen LogP contribution in [-0.4, -0.2) is 4.57 Å². The minimum absolute atomic E-state index is 0.423. The summed E-state index contributed by atoms with van der Waals surface area (Å²) in [5.41, 5.74) is 11.6. The van der Waals surface area contributed by atoms with Crippen molar-refractivity contribution in [3.63, 3.8) is 0 Å². The van der Waals surface area contributed by atoms with Gasteiger partial charge in [0.25, 0.3) is 0 Å². The van der Waals surface area contributed by atoms with E-state index < -0.39 is 0 Å². The van der Waals surface area contributed by atoms with Crippen molar-refractivity contribution in [3.05, 3.63) is 108 Å². The van der Waals surface area contributed by atoms with E-state index in [1.165, 1.54) is 55.8 Å². The van der Waals surface area contributed by atoms with Gasteiger partial charge in [0.1, 0.15) is 12.7 Å². The van der Waals surface area contributed by atoms with Crippen LogP contribution in [0.25, 0.3) is 39.1 Å². The SMILES string of the molecule is Cc1c(-c2ccc(-c3ccccc3)c[n+]2C)n(-c2c(C(C)C)cccc2C(C)C)c2ccccc12. The van der Waals surface area contributed by atoms with Crippen molar-refractivity contribution < 1.29 is 4.57 Å². The Bertz CT molecular complexity index is 1480. The van der Waals surface area contributed by atoms with Crippen molar-refractivity contribution in [3.8, 4) is 28.2 Å². The standard InChI is InChI=1S/C33H35N2/c1-22(2)27-16-12-17-28(23(3)4)33(27)35-30-18-11-10-15-29(30)24(5)32(35)31-20-19-26(21-34(31)6)25-13-8-7-9-14-25/h7-23H,1-6H3/q+1. The molecule has 5 aromatic rings. The van der Waals surface area contributed by atoms with Crippen LogP contribution in [-0.2, 0) is 7.05 Å². The van der Waals surface area contributed by atoms with Gasteiger partial charge >= 0.3 is 0 Å². The van der Waals surface area contributed by atoms with E-state index in [4.69, 9.17) is 0 Å². The van der Waals surface area contributed by atoms with Crippen molar-refractivity contribution >= 4 is 10.9 Å². The van der Waals surface area contributed by atoms with Gasteiger partial charge in [-0.2, -0.15) is 4.57 Å². The molecular weight excluding hydrogens is 424 g/mol. The Hall–Kier alpha value is -3.65. The van der Waals surface area contributed by atoms with Gasteiger partial charge in [-0.25, -0.2) is 0 Å². The quantitative estimate of drug-likeness (QED) is 0.234. The second-order valence-electron chi connectivity index (χ2n) is 10.2. The lowest BCUT2D eigenvalue weighted by Gasteiger charge is -2.23. The summed E-state index contributed by atoms with van der Waals surface area (Å²) in [6.45, 7) is 11.5. The Morgan fingerprint density at radius 2 is 1.29 bits per heavy atom.